The second-order valence-electron chi connectivity index (χ2n) is 5.43. The largest absolute Gasteiger partial charge is 0.445 e. The first kappa shape index (κ1) is 16.4. The van der Waals surface area contributed by atoms with Gasteiger partial charge >= 0.3 is 6.09 Å². The van der Waals surface area contributed by atoms with Crippen molar-refractivity contribution in [2.45, 2.75) is 32.7 Å². The summed E-state index contributed by atoms with van der Waals surface area (Å²) in [4.78, 5) is 17.4. The van der Waals surface area contributed by atoms with Crippen molar-refractivity contribution in [3.8, 4) is 0 Å². The van der Waals surface area contributed by atoms with E-state index in [1.807, 2.05) is 30.3 Å². The molecule has 0 fully saturated rings. The number of fused-ring (bicyclic) bond motifs is 1. The highest BCUT2D eigenvalue weighted by Crippen LogP contribution is 2.26. The fraction of sp³-hybridized carbons (Fsp3) is 0.375. The van der Waals surface area contributed by atoms with Crippen LogP contribution in [-0.4, -0.2) is 32.2 Å². The van der Waals surface area contributed by atoms with Crippen LogP contribution in [0.4, 0.5) is 13.6 Å². The SMILES string of the molecule is O=C(OCc1ccccc1)N1CCn2c(nc(C(F)F)c2CO)C1. The molecule has 3 rings (SSSR count). The molecule has 8 heteroatoms. The topological polar surface area (TPSA) is 67.6 Å². The third-order valence-corrected chi connectivity index (χ3v) is 3.93. The molecule has 1 N–H and O–H groups in total. The molecule has 0 radical (unpaired) electrons. The van der Waals surface area contributed by atoms with Crippen LogP contribution in [0.1, 0.15) is 29.2 Å². The zero-order chi connectivity index (χ0) is 17.1. The van der Waals surface area contributed by atoms with Gasteiger partial charge in [-0.05, 0) is 5.56 Å². The lowest BCUT2D eigenvalue weighted by atomic mass is 10.2. The van der Waals surface area contributed by atoms with E-state index in [9.17, 15) is 18.7 Å². The summed E-state index contributed by atoms with van der Waals surface area (Å²) in [5.74, 6) is 0.331. The Hall–Kier alpha value is -2.48. The van der Waals surface area contributed by atoms with Gasteiger partial charge in [-0.3, -0.25) is 4.90 Å². The molecule has 1 aliphatic heterocycles. The first-order valence-corrected chi connectivity index (χ1v) is 7.53. The Bertz CT molecular complexity index is 719. The second kappa shape index (κ2) is 6.96. The zero-order valence-corrected chi connectivity index (χ0v) is 12.9. The van der Waals surface area contributed by atoms with Crippen molar-refractivity contribution in [2.75, 3.05) is 6.54 Å². The number of aliphatic hydroxyl groups is 1. The molecule has 1 aromatic heterocycles. The highest BCUT2D eigenvalue weighted by Gasteiger charge is 2.29. The standard InChI is InChI=1S/C16H17F2N3O3/c17-15(18)14-12(9-22)21-7-6-20(8-13(21)19-14)16(23)24-10-11-4-2-1-3-5-11/h1-5,15,22H,6-10H2. The van der Waals surface area contributed by atoms with Crippen molar-refractivity contribution >= 4 is 6.09 Å². The van der Waals surface area contributed by atoms with E-state index < -0.39 is 24.8 Å². The number of hydrogen-bond acceptors (Lipinski definition) is 4. The molecule has 6 nitrogen and oxygen atoms in total. The molecule has 0 spiro atoms. The van der Waals surface area contributed by atoms with Gasteiger partial charge in [0, 0.05) is 13.1 Å². The normalized spacial score (nSPS) is 13.9. The Kier molecular flexibility index (Phi) is 4.75. The maximum absolute atomic E-state index is 13.0. The molecule has 0 aliphatic carbocycles. The predicted octanol–water partition coefficient (Wildman–Crippen LogP) is 2.47. The Morgan fingerprint density at radius 3 is 2.71 bits per heavy atom. The van der Waals surface area contributed by atoms with Crippen molar-refractivity contribution in [1.29, 1.82) is 0 Å². The van der Waals surface area contributed by atoms with Crippen LogP contribution < -0.4 is 0 Å². The molecule has 1 aromatic carbocycles. The van der Waals surface area contributed by atoms with Crippen molar-refractivity contribution in [2.24, 2.45) is 0 Å². The van der Waals surface area contributed by atoms with Crippen molar-refractivity contribution in [3.05, 3.63) is 53.1 Å². The highest BCUT2D eigenvalue weighted by atomic mass is 19.3. The fourth-order valence-electron chi connectivity index (χ4n) is 2.72. The minimum absolute atomic E-state index is 0.0767. The van der Waals surface area contributed by atoms with Gasteiger partial charge < -0.3 is 14.4 Å². The summed E-state index contributed by atoms with van der Waals surface area (Å²) < 4.78 is 32.7. The van der Waals surface area contributed by atoms with E-state index in [4.69, 9.17) is 4.74 Å². The van der Waals surface area contributed by atoms with Crippen LogP contribution in [-0.2, 0) is 31.0 Å². The Balaban J connectivity index is 1.67. The van der Waals surface area contributed by atoms with Crippen LogP contribution >= 0.6 is 0 Å². The van der Waals surface area contributed by atoms with E-state index in [1.165, 1.54) is 4.90 Å². The number of carbonyl (C=O) groups is 1. The summed E-state index contributed by atoms with van der Waals surface area (Å²) in [6, 6.07) is 9.26. The molecular formula is C16H17F2N3O3. The number of benzene rings is 1. The van der Waals surface area contributed by atoms with E-state index in [0.717, 1.165) is 5.56 Å². The van der Waals surface area contributed by atoms with Crippen molar-refractivity contribution in [1.82, 2.24) is 14.5 Å². The molecular weight excluding hydrogens is 320 g/mol. The highest BCUT2D eigenvalue weighted by molar-refractivity contribution is 5.67. The van der Waals surface area contributed by atoms with Gasteiger partial charge in [0.2, 0.25) is 0 Å². The van der Waals surface area contributed by atoms with Crippen LogP contribution in [0.3, 0.4) is 0 Å². The monoisotopic (exact) mass is 337 g/mol. The average Bonchev–Trinajstić information content (AvgIpc) is 2.98. The smallest absolute Gasteiger partial charge is 0.410 e. The molecule has 24 heavy (non-hydrogen) atoms. The number of hydrogen-bond donors (Lipinski definition) is 1. The molecule has 2 aromatic rings. The summed E-state index contributed by atoms with van der Waals surface area (Å²) in [5, 5.41) is 9.30. The van der Waals surface area contributed by atoms with E-state index in [1.54, 1.807) is 4.57 Å². The van der Waals surface area contributed by atoms with E-state index >= 15 is 0 Å². The number of halogens is 2. The number of rotatable bonds is 4. The van der Waals surface area contributed by atoms with Gasteiger partial charge in [-0.1, -0.05) is 30.3 Å². The van der Waals surface area contributed by atoms with Crippen LogP contribution in [0.15, 0.2) is 30.3 Å². The summed E-state index contributed by atoms with van der Waals surface area (Å²) in [6.45, 7) is 0.325. The average molecular weight is 337 g/mol. The number of ether oxygens (including phenoxy) is 1. The zero-order valence-electron chi connectivity index (χ0n) is 12.9. The van der Waals surface area contributed by atoms with Gasteiger partial charge in [-0.2, -0.15) is 0 Å². The van der Waals surface area contributed by atoms with Crippen LogP contribution in [0, 0.1) is 0 Å². The Morgan fingerprint density at radius 2 is 2.04 bits per heavy atom. The molecule has 0 saturated carbocycles. The number of carbonyl (C=O) groups excluding carboxylic acids is 1. The maximum Gasteiger partial charge on any atom is 0.410 e. The molecule has 0 unspecified atom stereocenters. The van der Waals surface area contributed by atoms with Crippen LogP contribution in [0.2, 0.25) is 0 Å². The van der Waals surface area contributed by atoms with Gasteiger partial charge in [0.05, 0.1) is 18.8 Å². The number of imidazole rings is 1. The van der Waals surface area contributed by atoms with Gasteiger partial charge in [-0.25, -0.2) is 18.6 Å². The molecule has 0 atom stereocenters. The fourth-order valence-corrected chi connectivity index (χ4v) is 2.72. The van der Waals surface area contributed by atoms with Gasteiger partial charge in [0.15, 0.2) is 0 Å². The van der Waals surface area contributed by atoms with Crippen LogP contribution in [0.5, 0.6) is 0 Å². The summed E-state index contributed by atoms with van der Waals surface area (Å²) >= 11 is 0. The first-order chi connectivity index (χ1) is 11.6. The quantitative estimate of drug-likeness (QED) is 0.931. The molecule has 0 bridgehead atoms. The van der Waals surface area contributed by atoms with Crippen molar-refractivity contribution < 1.29 is 23.4 Å². The van der Waals surface area contributed by atoms with Gasteiger partial charge in [0.1, 0.15) is 18.1 Å². The summed E-state index contributed by atoms with van der Waals surface area (Å²) in [6.07, 6.45) is -3.28. The lowest BCUT2D eigenvalue weighted by Gasteiger charge is -2.27. The van der Waals surface area contributed by atoms with Crippen molar-refractivity contribution in [3.63, 3.8) is 0 Å². The molecule has 0 saturated heterocycles. The van der Waals surface area contributed by atoms with E-state index in [-0.39, 0.29) is 18.8 Å². The van der Waals surface area contributed by atoms with Crippen LogP contribution in [0.25, 0.3) is 0 Å². The number of nitrogens with zero attached hydrogens (tertiary/aromatic N) is 3. The first-order valence-electron chi connectivity index (χ1n) is 7.53. The number of amides is 1. The van der Waals surface area contributed by atoms with Gasteiger partial charge in [-0.15, -0.1) is 0 Å². The summed E-state index contributed by atoms with van der Waals surface area (Å²) in [7, 11) is 0. The molecule has 128 valence electrons. The van der Waals surface area contributed by atoms with E-state index in [0.29, 0.717) is 18.9 Å². The molecule has 1 aliphatic rings. The third-order valence-electron chi connectivity index (χ3n) is 3.93. The third kappa shape index (κ3) is 3.23. The molecule has 2 heterocycles. The minimum Gasteiger partial charge on any atom is -0.445 e. The Morgan fingerprint density at radius 1 is 1.29 bits per heavy atom. The number of alkyl halides is 2. The molecule has 1 amide bonds. The lowest BCUT2D eigenvalue weighted by molar-refractivity contribution is 0.0856. The summed E-state index contributed by atoms with van der Waals surface area (Å²) in [5.41, 5.74) is 0.552. The Labute approximate surface area is 137 Å². The lowest BCUT2D eigenvalue weighted by Crippen LogP contribution is -2.39. The second-order valence-corrected chi connectivity index (χ2v) is 5.43. The number of aromatic nitrogens is 2. The van der Waals surface area contributed by atoms with Gasteiger partial charge in [0.25, 0.3) is 6.43 Å². The predicted molar refractivity (Wildman–Crippen MR) is 80.1 cm³/mol. The number of aliphatic hydroxyl groups excluding tert-OH is 1. The minimum atomic E-state index is -2.76. The maximum atomic E-state index is 13.0. The van der Waals surface area contributed by atoms with E-state index in [2.05, 4.69) is 4.98 Å².